The Balaban J connectivity index is 1.12. The highest BCUT2D eigenvalue weighted by atomic mass is 35.5. The third-order valence-electron chi connectivity index (χ3n) is 7.70. The molecule has 0 aromatic heterocycles. The Bertz CT molecular complexity index is 819. The molecule has 1 atom stereocenters. The lowest BCUT2D eigenvalue weighted by Crippen LogP contribution is -2.56. The van der Waals surface area contributed by atoms with E-state index < -0.39 is 5.97 Å². The Labute approximate surface area is 194 Å². The minimum atomic E-state index is -0.427. The molecule has 32 heavy (non-hydrogen) atoms. The summed E-state index contributed by atoms with van der Waals surface area (Å²) in [5.74, 6) is 1.63. The maximum atomic E-state index is 12.4. The zero-order chi connectivity index (χ0) is 22.7. The van der Waals surface area contributed by atoms with Gasteiger partial charge in [-0.25, -0.2) is 0 Å². The number of hydrogen-bond donors (Lipinski definition) is 2. The quantitative estimate of drug-likeness (QED) is 0.429. The number of carbonyl (C=O) groups excluding carboxylic acids is 3. The van der Waals surface area contributed by atoms with Gasteiger partial charge in [0.05, 0.1) is 0 Å². The zero-order valence-electron chi connectivity index (χ0n) is 18.7. The second-order valence-corrected chi connectivity index (χ2v) is 10.5. The summed E-state index contributed by atoms with van der Waals surface area (Å²) in [6.45, 7) is 2.23. The summed E-state index contributed by atoms with van der Waals surface area (Å²) < 4.78 is 5.15. The molecule has 4 bridgehead atoms. The lowest BCUT2D eigenvalue weighted by Gasteiger charge is -2.59. The van der Waals surface area contributed by atoms with Gasteiger partial charge in [-0.15, -0.1) is 0 Å². The van der Waals surface area contributed by atoms with Gasteiger partial charge in [0, 0.05) is 29.6 Å². The fourth-order valence-electron chi connectivity index (χ4n) is 6.50. The minimum absolute atomic E-state index is 0.116. The van der Waals surface area contributed by atoms with Crippen LogP contribution in [0.15, 0.2) is 24.3 Å². The van der Waals surface area contributed by atoms with Crippen LogP contribution in [0.1, 0.15) is 68.6 Å². The smallest absolute Gasteiger partial charge is 0.306 e. The van der Waals surface area contributed by atoms with Crippen LogP contribution in [0.25, 0.3) is 0 Å². The van der Waals surface area contributed by atoms with Gasteiger partial charge >= 0.3 is 5.97 Å². The van der Waals surface area contributed by atoms with Crippen LogP contribution in [-0.2, 0) is 14.3 Å². The molecule has 4 saturated carbocycles. The van der Waals surface area contributed by atoms with E-state index in [2.05, 4.69) is 17.6 Å². The van der Waals surface area contributed by atoms with E-state index in [9.17, 15) is 14.4 Å². The molecule has 1 aromatic rings. The summed E-state index contributed by atoms with van der Waals surface area (Å²) in [7, 11) is 0. The fraction of sp³-hybridized carbons (Fsp3) is 0.640. The van der Waals surface area contributed by atoms with Crippen molar-refractivity contribution < 1.29 is 19.1 Å². The lowest BCUT2D eigenvalue weighted by molar-refractivity contribution is -0.149. The largest absolute Gasteiger partial charge is 0.456 e. The maximum absolute atomic E-state index is 12.4. The van der Waals surface area contributed by atoms with Gasteiger partial charge in [-0.1, -0.05) is 11.6 Å². The molecule has 2 N–H and O–H groups in total. The molecule has 6 nitrogen and oxygen atoms in total. The normalized spacial score (nSPS) is 28.8. The molecule has 4 aliphatic carbocycles. The Morgan fingerprint density at radius 2 is 1.66 bits per heavy atom. The molecular formula is C25H33ClN2O4. The first-order valence-corrected chi connectivity index (χ1v) is 12.2. The third kappa shape index (κ3) is 5.45. The number of ether oxygens (including phenoxy) is 1. The first-order valence-electron chi connectivity index (χ1n) is 11.8. The van der Waals surface area contributed by atoms with Crippen molar-refractivity contribution in [3.8, 4) is 0 Å². The average Bonchev–Trinajstić information content (AvgIpc) is 2.74. The third-order valence-corrected chi connectivity index (χ3v) is 7.95. The van der Waals surface area contributed by atoms with E-state index in [4.69, 9.17) is 16.3 Å². The molecule has 7 heteroatoms. The molecule has 1 aromatic carbocycles. The first-order chi connectivity index (χ1) is 15.3. The Morgan fingerprint density at radius 3 is 2.25 bits per heavy atom. The van der Waals surface area contributed by atoms with Crippen molar-refractivity contribution in [3.05, 3.63) is 34.9 Å². The molecule has 174 valence electrons. The van der Waals surface area contributed by atoms with Crippen molar-refractivity contribution in [2.45, 2.75) is 64.3 Å². The molecule has 0 saturated heterocycles. The minimum Gasteiger partial charge on any atom is -0.456 e. The van der Waals surface area contributed by atoms with Crippen LogP contribution < -0.4 is 10.6 Å². The number of halogens is 1. The summed E-state index contributed by atoms with van der Waals surface area (Å²) in [5, 5.41) is 6.44. The molecule has 2 amide bonds. The molecule has 5 rings (SSSR count). The number of nitrogens with one attached hydrogen (secondary N) is 2. The molecule has 0 radical (unpaired) electrons. The van der Waals surface area contributed by atoms with Crippen LogP contribution in [0.3, 0.4) is 0 Å². The summed E-state index contributed by atoms with van der Waals surface area (Å²) in [5.41, 5.74) is 0.748. The molecule has 1 unspecified atom stereocenters. The highest BCUT2D eigenvalue weighted by Gasteiger charge is 2.53. The topological polar surface area (TPSA) is 84.5 Å². The highest BCUT2D eigenvalue weighted by Crippen LogP contribution is 2.61. The second-order valence-electron chi connectivity index (χ2n) is 10.1. The second kappa shape index (κ2) is 9.82. The van der Waals surface area contributed by atoms with Crippen molar-refractivity contribution in [2.24, 2.45) is 23.2 Å². The number of esters is 1. The summed E-state index contributed by atoms with van der Waals surface area (Å²) in [6.07, 6.45) is 8.39. The van der Waals surface area contributed by atoms with Gasteiger partial charge in [0.15, 0.2) is 6.61 Å². The van der Waals surface area contributed by atoms with Crippen LogP contribution in [0.2, 0.25) is 5.02 Å². The molecule has 0 heterocycles. The van der Waals surface area contributed by atoms with Crippen molar-refractivity contribution in [2.75, 3.05) is 13.2 Å². The van der Waals surface area contributed by atoms with Gasteiger partial charge < -0.3 is 15.4 Å². The summed E-state index contributed by atoms with van der Waals surface area (Å²) in [4.78, 5) is 36.4. The fourth-order valence-corrected chi connectivity index (χ4v) is 6.63. The predicted octanol–water partition coefficient (Wildman–Crippen LogP) is 4.11. The van der Waals surface area contributed by atoms with Gasteiger partial charge in [-0.05, 0) is 99.3 Å². The summed E-state index contributed by atoms with van der Waals surface area (Å²) in [6, 6.07) is 6.72. The van der Waals surface area contributed by atoms with Crippen molar-refractivity contribution in [1.82, 2.24) is 10.6 Å². The van der Waals surface area contributed by atoms with Gasteiger partial charge in [-0.2, -0.15) is 0 Å². The highest BCUT2D eigenvalue weighted by molar-refractivity contribution is 6.30. The van der Waals surface area contributed by atoms with E-state index in [1.54, 1.807) is 24.3 Å². The number of carbonyl (C=O) groups is 3. The Morgan fingerprint density at radius 1 is 1.06 bits per heavy atom. The van der Waals surface area contributed by atoms with Gasteiger partial charge in [0.25, 0.3) is 11.8 Å². The van der Waals surface area contributed by atoms with Crippen LogP contribution >= 0.6 is 11.6 Å². The molecule has 4 aliphatic rings. The van der Waals surface area contributed by atoms with Crippen LogP contribution in [0, 0.1) is 23.2 Å². The number of rotatable bonds is 9. The van der Waals surface area contributed by atoms with E-state index in [1.165, 1.54) is 38.5 Å². The zero-order valence-corrected chi connectivity index (χ0v) is 19.5. The Kier molecular flexibility index (Phi) is 7.08. The first kappa shape index (κ1) is 23.1. The lowest BCUT2D eigenvalue weighted by atomic mass is 9.48. The number of amides is 2. The monoisotopic (exact) mass is 460 g/mol. The van der Waals surface area contributed by atoms with Crippen LogP contribution in [0.5, 0.6) is 0 Å². The van der Waals surface area contributed by atoms with E-state index in [1.807, 2.05) is 0 Å². The van der Waals surface area contributed by atoms with Crippen molar-refractivity contribution in [1.29, 1.82) is 0 Å². The van der Waals surface area contributed by atoms with E-state index >= 15 is 0 Å². The van der Waals surface area contributed by atoms with E-state index in [-0.39, 0.29) is 36.3 Å². The molecule has 4 fully saturated rings. The SMILES string of the molecule is CC(NC(=O)COC(=O)CCCNC(=O)c1ccc(Cl)cc1)C12CC3CC(CC(C3)C1)C2. The molecular weight excluding hydrogens is 428 g/mol. The number of benzene rings is 1. The van der Waals surface area contributed by atoms with E-state index in [0.29, 0.717) is 23.6 Å². The van der Waals surface area contributed by atoms with E-state index in [0.717, 1.165) is 17.8 Å². The van der Waals surface area contributed by atoms with Crippen molar-refractivity contribution in [3.63, 3.8) is 0 Å². The molecule has 0 spiro atoms. The standard InChI is InChI=1S/C25H33ClN2O4/c1-16(25-12-17-9-18(13-25)11-19(10-17)14-25)28-22(29)15-32-23(30)3-2-8-27-24(31)20-4-6-21(26)7-5-20/h4-7,16-19H,2-3,8-15H2,1H3,(H,27,31)(H,28,29). The van der Waals surface area contributed by atoms with Crippen LogP contribution in [-0.4, -0.2) is 37.0 Å². The van der Waals surface area contributed by atoms with Gasteiger partial charge in [0.1, 0.15) is 0 Å². The average molecular weight is 461 g/mol. The van der Waals surface area contributed by atoms with Crippen molar-refractivity contribution >= 4 is 29.4 Å². The molecule has 0 aliphatic heterocycles. The van der Waals surface area contributed by atoms with Gasteiger partial charge in [-0.3, -0.25) is 14.4 Å². The van der Waals surface area contributed by atoms with Crippen LogP contribution in [0.4, 0.5) is 0 Å². The predicted molar refractivity (Wildman–Crippen MR) is 122 cm³/mol. The maximum Gasteiger partial charge on any atom is 0.306 e. The van der Waals surface area contributed by atoms with Gasteiger partial charge in [0.2, 0.25) is 0 Å². The summed E-state index contributed by atoms with van der Waals surface area (Å²) >= 11 is 5.82. The number of hydrogen-bond acceptors (Lipinski definition) is 4. The Hall–Kier alpha value is -2.08.